The highest BCUT2D eigenvalue weighted by Crippen LogP contribution is 2.24. The quantitative estimate of drug-likeness (QED) is 0.851. The van der Waals surface area contributed by atoms with E-state index in [0.717, 1.165) is 24.4 Å². The van der Waals surface area contributed by atoms with Gasteiger partial charge in [0.05, 0.1) is 0 Å². The second-order valence-electron chi connectivity index (χ2n) is 3.82. The van der Waals surface area contributed by atoms with Crippen molar-refractivity contribution in [2.24, 2.45) is 12.8 Å². The molecule has 0 radical (unpaired) electrons. The normalized spacial score (nSPS) is 11.1. The minimum absolute atomic E-state index is 0.740. The number of nitrogens with two attached hydrogens (primary N) is 1. The minimum Gasteiger partial charge on any atom is -0.350 e. The van der Waals surface area contributed by atoms with Crippen molar-refractivity contribution in [3.63, 3.8) is 0 Å². The summed E-state index contributed by atoms with van der Waals surface area (Å²) in [6.45, 7) is 0.740. The molecule has 0 saturated heterocycles. The molecule has 0 bridgehead atoms. The lowest BCUT2D eigenvalue weighted by Gasteiger charge is -1.97. The standard InChI is InChI=1S/C12H15ClN2/c1-15-8-9(3-2-6-14)11-5-4-10(13)7-12(11)15/h4-5,7-8H,2-3,6,14H2,1H3. The van der Waals surface area contributed by atoms with Gasteiger partial charge in [0.25, 0.3) is 0 Å². The number of fused-ring (bicyclic) bond motifs is 1. The molecule has 1 aromatic heterocycles. The Morgan fingerprint density at radius 3 is 2.93 bits per heavy atom. The van der Waals surface area contributed by atoms with Gasteiger partial charge in [0, 0.05) is 29.2 Å². The van der Waals surface area contributed by atoms with Crippen LogP contribution in [0, 0.1) is 0 Å². The number of nitrogens with zero attached hydrogens (tertiary/aromatic N) is 1. The third kappa shape index (κ3) is 2.01. The van der Waals surface area contributed by atoms with Gasteiger partial charge in [-0.1, -0.05) is 17.7 Å². The van der Waals surface area contributed by atoms with Gasteiger partial charge in [-0.2, -0.15) is 0 Å². The smallest absolute Gasteiger partial charge is 0.0495 e. The van der Waals surface area contributed by atoms with E-state index in [4.69, 9.17) is 17.3 Å². The maximum atomic E-state index is 5.97. The average Bonchev–Trinajstić information content (AvgIpc) is 2.53. The van der Waals surface area contributed by atoms with Gasteiger partial charge in [0.1, 0.15) is 0 Å². The monoisotopic (exact) mass is 222 g/mol. The Kier molecular flexibility index (Phi) is 2.98. The van der Waals surface area contributed by atoms with Crippen LogP contribution in [0.2, 0.25) is 5.02 Å². The van der Waals surface area contributed by atoms with Crippen molar-refractivity contribution in [2.45, 2.75) is 12.8 Å². The van der Waals surface area contributed by atoms with Crippen LogP contribution in [-0.2, 0) is 13.5 Å². The Hall–Kier alpha value is -0.990. The van der Waals surface area contributed by atoms with E-state index < -0.39 is 0 Å². The first-order valence-corrected chi connectivity index (χ1v) is 5.53. The highest BCUT2D eigenvalue weighted by Gasteiger charge is 2.06. The number of halogens is 1. The molecule has 0 spiro atoms. The van der Waals surface area contributed by atoms with Crippen molar-refractivity contribution in [2.75, 3.05) is 6.54 Å². The van der Waals surface area contributed by atoms with E-state index in [0.29, 0.717) is 0 Å². The van der Waals surface area contributed by atoms with Crippen molar-refractivity contribution in [3.05, 3.63) is 35.0 Å². The molecule has 80 valence electrons. The van der Waals surface area contributed by atoms with Crippen molar-refractivity contribution in [3.8, 4) is 0 Å². The summed E-state index contributed by atoms with van der Waals surface area (Å²) in [4.78, 5) is 0. The molecule has 15 heavy (non-hydrogen) atoms. The first-order chi connectivity index (χ1) is 7.22. The van der Waals surface area contributed by atoms with Crippen LogP contribution in [0.3, 0.4) is 0 Å². The van der Waals surface area contributed by atoms with Gasteiger partial charge in [0.15, 0.2) is 0 Å². The first kappa shape index (κ1) is 10.5. The zero-order valence-electron chi connectivity index (χ0n) is 8.83. The maximum Gasteiger partial charge on any atom is 0.0495 e. The van der Waals surface area contributed by atoms with Gasteiger partial charge in [0.2, 0.25) is 0 Å². The third-order valence-electron chi connectivity index (χ3n) is 2.69. The topological polar surface area (TPSA) is 30.9 Å². The highest BCUT2D eigenvalue weighted by molar-refractivity contribution is 6.31. The Morgan fingerprint density at radius 2 is 2.20 bits per heavy atom. The van der Waals surface area contributed by atoms with E-state index in [1.54, 1.807) is 0 Å². The minimum atomic E-state index is 0.740. The van der Waals surface area contributed by atoms with Crippen LogP contribution in [0.4, 0.5) is 0 Å². The van der Waals surface area contributed by atoms with Crippen LogP contribution in [0.25, 0.3) is 10.9 Å². The molecule has 2 aromatic rings. The second kappa shape index (κ2) is 4.25. The fourth-order valence-electron chi connectivity index (χ4n) is 1.93. The summed E-state index contributed by atoms with van der Waals surface area (Å²) in [6.07, 6.45) is 4.23. The fraction of sp³-hybridized carbons (Fsp3) is 0.333. The molecule has 0 aliphatic rings. The number of aromatic nitrogens is 1. The van der Waals surface area contributed by atoms with Gasteiger partial charge >= 0.3 is 0 Å². The number of hydrogen-bond acceptors (Lipinski definition) is 1. The van der Waals surface area contributed by atoms with Gasteiger partial charge < -0.3 is 10.3 Å². The van der Waals surface area contributed by atoms with Crippen molar-refractivity contribution < 1.29 is 0 Å². The lowest BCUT2D eigenvalue weighted by molar-refractivity contribution is 0.830. The van der Waals surface area contributed by atoms with E-state index in [-0.39, 0.29) is 0 Å². The van der Waals surface area contributed by atoms with Crippen LogP contribution < -0.4 is 5.73 Å². The van der Waals surface area contributed by atoms with E-state index >= 15 is 0 Å². The summed E-state index contributed by atoms with van der Waals surface area (Å²) in [5.74, 6) is 0. The van der Waals surface area contributed by atoms with Gasteiger partial charge in [-0.05, 0) is 37.1 Å². The van der Waals surface area contributed by atoms with Gasteiger partial charge in [-0.15, -0.1) is 0 Å². The molecule has 0 aliphatic carbocycles. The molecule has 1 heterocycles. The third-order valence-corrected chi connectivity index (χ3v) is 2.92. The van der Waals surface area contributed by atoms with Crippen molar-refractivity contribution in [1.29, 1.82) is 0 Å². The summed E-state index contributed by atoms with van der Waals surface area (Å²) >= 11 is 5.97. The molecular formula is C12H15ClN2. The molecule has 0 amide bonds. The largest absolute Gasteiger partial charge is 0.350 e. The van der Waals surface area contributed by atoms with Crippen molar-refractivity contribution >= 4 is 22.5 Å². The highest BCUT2D eigenvalue weighted by atomic mass is 35.5. The fourth-order valence-corrected chi connectivity index (χ4v) is 2.10. The van der Waals surface area contributed by atoms with Gasteiger partial charge in [-0.25, -0.2) is 0 Å². The van der Waals surface area contributed by atoms with Crippen LogP contribution >= 0.6 is 11.6 Å². The Bertz CT molecular complexity index is 474. The summed E-state index contributed by atoms with van der Waals surface area (Å²) in [5.41, 5.74) is 8.07. The van der Waals surface area contributed by atoms with Crippen LogP contribution in [-0.4, -0.2) is 11.1 Å². The maximum absolute atomic E-state index is 5.97. The summed E-state index contributed by atoms with van der Waals surface area (Å²) in [5, 5.41) is 2.07. The summed E-state index contributed by atoms with van der Waals surface area (Å²) in [7, 11) is 2.05. The molecule has 1 aromatic carbocycles. The molecule has 0 fully saturated rings. The Balaban J connectivity index is 2.48. The second-order valence-corrected chi connectivity index (χ2v) is 4.26. The predicted molar refractivity (Wildman–Crippen MR) is 65.3 cm³/mol. The SMILES string of the molecule is Cn1cc(CCCN)c2ccc(Cl)cc21. The average molecular weight is 223 g/mol. The molecule has 2 nitrogen and oxygen atoms in total. The van der Waals surface area contributed by atoms with E-state index in [9.17, 15) is 0 Å². The Labute approximate surface area is 94.6 Å². The number of rotatable bonds is 3. The van der Waals surface area contributed by atoms with Crippen LogP contribution in [0.5, 0.6) is 0 Å². The summed E-state index contributed by atoms with van der Waals surface area (Å²) < 4.78 is 2.12. The van der Waals surface area contributed by atoms with E-state index in [2.05, 4.69) is 16.8 Å². The zero-order chi connectivity index (χ0) is 10.8. The molecule has 0 atom stereocenters. The van der Waals surface area contributed by atoms with Crippen LogP contribution in [0.1, 0.15) is 12.0 Å². The lowest BCUT2D eigenvalue weighted by atomic mass is 10.1. The number of aryl methyl sites for hydroxylation is 2. The molecule has 2 N–H and O–H groups in total. The van der Waals surface area contributed by atoms with E-state index in [1.165, 1.54) is 16.5 Å². The molecule has 2 rings (SSSR count). The van der Waals surface area contributed by atoms with Crippen molar-refractivity contribution in [1.82, 2.24) is 4.57 Å². The summed E-state index contributed by atoms with van der Waals surface area (Å²) in [6, 6.07) is 6.03. The molecular weight excluding hydrogens is 208 g/mol. The van der Waals surface area contributed by atoms with Crippen LogP contribution in [0.15, 0.2) is 24.4 Å². The first-order valence-electron chi connectivity index (χ1n) is 5.16. The van der Waals surface area contributed by atoms with Gasteiger partial charge in [-0.3, -0.25) is 0 Å². The lowest BCUT2D eigenvalue weighted by Crippen LogP contribution is -1.99. The zero-order valence-corrected chi connectivity index (χ0v) is 9.59. The molecule has 0 saturated carbocycles. The number of benzene rings is 1. The molecule has 0 aliphatic heterocycles. The predicted octanol–water partition coefficient (Wildman–Crippen LogP) is 2.72. The molecule has 3 heteroatoms. The Morgan fingerprint density at radius 1 is 1.40 bits per heavy atom. The molecule has 0 unspecified atom stereocenters. The number of hydrogen-bond donors (Lipinski definition) is 1. The van der Waals surface area contributed by atoms with E-state index in [1.807, 2.05) is 19.2 Å².